The van der Waals surface area contributed by atoms with Crippen molar-refractivity contribution in [3.8, 4) is 0 Å². The Morgan fingerprint density at radius 1 is 1.00 bits per heavy atom. The molecule has 1 aliphatic rings. The van der Waals surface area contributed by atoms with Crippen molar-refractivity contribution < 1.29 is 4.42 Å². The highest BCUT2D eigenvalue weighted by Gasteiger charge is 2.25. The summed E-state index contributed by atoms with van der Waals surface area (Å²) in [6, 6.07) is 15.7. The molecule has 4 rings (SSSR count). The summed E-state index contributed by atoms with van der Waals surface area (Å²) < 4.78 is 5.24. The van der Waals surface area contributed by atoms with E-state index in [-0.39, 0.29) is 5.76 Å². The lowest BCUT2D eigenvalue weighted by Crippen LogP contribution is -2.35. The molecular formula is C25H33N3O2. The van der Waals surface area contributed by atoms with Gasteiger partial charge in [0, 0.05) is 25.8 Å². The maximum Gasteiger partial charge on any atom is 0.417 e. The normalized spacial score (nSPS) is 19.5. The second-order valence-electron chi connectivity index (χ2n) is 8.92. The molecule has 0 radical (unpaired) electrons. The van der Waals surface area contributed by atoms with Gasteiger partial charge in [-0.05, 0) is 93.4 Å². The average Bonchev–Trinajstić information content (AvgIpc) is 3.13. The zero-order chi connectivity index (χ0) is 21.1. The highest BCUT2D eigenvalue weighted by molar-refractivity contribution is 5.72. The first-order chi connectivity index (χ1) is 14.5. The van der Waals surface area contributed by atoms with Crippen molar-refractivity contribution in [2.75, 3.05) is 32.6 Å². The number of nitrogens with one attached hydrogen (secondary N) is 1. The Morgan fingerprint density at radius 2 is 1.73 bits per heavy atom. The van der Waals surface area contributed by atoms with Gasteiger partial charge in [-0.15, -0.1) is 0 Å². The molecule has 0 spiro atoms. The van der Waals surface area contributed by atoms with Crippen LogP contribution in [0.5, 0.6) is 0 Å². The van der Waals surface area contributed by atoms with Gasteiger partial charge in [0.15, 0.2) is 5.58 Å². The third-order valence-electron chi connectivity index (χ3n) is 6.67. The molecule has 30 heavy (non-hydrogen) atoms. The predicted octanol–water partition coefficient (Wildman–Crippen LogP) is 4.78. The van der Waals surface area contributed by atoms with E-state index in [0.717, 1.165) is 18.5 Å². The number of benzene rings is 2. The highest BCUT2D eigenvalue weighted by Crippen LogP contribution is 2.35. The van der Waals surface area contributed by atoms with Gasteiger partial charge >= 0.3 is 5.76 Å². The lowest BCUT2D eigenvalue weighted by Gasteiger charge is -2.35. The Balaban J connectivity index is 1.24. The van der Waals surface area contributed by atoms with Gasteiger partial charge in [0.1, 0.15) is 0 Å². The average molecular weight is 408 g/mol. The number of H-pyrrole nitrogens is 1. The van der Waals surface area contributed by atoms with Crippen molar-refractivity contribution in [2.24, 2.45) is 0 Å². The zero-order valence-electron chi connectivity index (χ0n) is 18.4. The van der Waals surface area contributed by atoms with Crippen LogP contribution in [0.3, 0.4) is 0 Å². The van der Waals surface area contributed by atoms with Crippen LogP contribution in [0, 0.1) is 0 Å². The fourth-order valence-corrected chi connectivity index (χ4v) is 4.74. The lowest BCUT2D eigenvalue weighted by atomic mass is 9.81. The summed E-state index contributed by atoms with van der Waals surface area (Å²) in [4.78, 5) is 18.8. The van der Waals surface area contributed by atoms with E-state index < -0.39 is 0 Å². The number of hydrogen-bond donors (Lipinski definition) is 1. The number of aromatic amines is 1. The van der Waals surface area contributed by atoms with Crippen LogP contribution in [-0.2, 0) is 6.42 Å². The summed E-state index contributed by atoms with van der Waals surface area (Å²) >= 11 is 0. The number of aryl methyl sites for hydroxylation is 1. The third-order valence-corrected chi connectivity index (χ3v) is 6.67. The summed E-state index contributed by atoms with van der Waals surface area (Å²) in [6.07, 6.45) is 7.18. The summed E-state index contributed by atoms with van der Waals surface area (Å²) in [7, 11) is 6.44. The summed E-state index contributed by atoms with van der Waals surface area (Å²) in [6.45, 7) is 1.14. The van der Waals surface area contributed by atoms with E-state index in [1.54, 1.807) is 0 Å². The number of rotatable bonds is 7. The van der Waals surface area contributed by atoms with Gasteiger partial charge in [-0.2, -0.15) is 0 Å². The monoisotopic (exact) mass is 407 g/mol. The highest BCUT2D eigenvalue weighted by atomic mass is 16.4. The van der Waals surface area contributed by atoms with Gasteiger partial charge in [-0.1, -0.05) is 18.2 Å². The molecule has 5 heteroatoms. The first-order valence-corrected chi connectivity index (χ1v) is 11.1. The summed E-state index contributed by atoms with van der Waals surface area (Å²) in [5, 5.41) is 0. The minimum atomic E-state index is -0.374. The quantitative estimate of drug-likeness (QED) is 0.612. The molecule has 0 amide bonds. The SMILES string of the molecule is CN(C)c1ccc(CCCN(C)[C@H]2CC[C@H](c3ccc4[nH]c(=O)oc4c3)CC2)cc1. The molecule has 1 N–H and O–H groups in total. The Kier molecular flexibility index (Phi) is 6.28. The molecule has 0 aliphatic heterocycles. The number of oxazole rings is 1. The Bertz CT molecular complexity index is 1010. The molecule has 1 aromatic heterocycles. The first kappa shape index (κ1) is 20.7. The van der Waals surface area contributed by atoms with E-state index in [9.17, 15) is 4.79 Å². The van der Waals surface area contributed by atoms with Crippen LogP contribution in [0.4, 0.5) is 5.69 Å². The Hall–Kier alpha value is -2.53. The molecule has 1 saturated carbocycles. The van der Waals surface area contributed by atoms with Gasteiger partial charge in [-0.25, -0.2) is 4.79 Å². The van der Waals surface area contributed by atoms with E-state index in [1.165, 1.54) is 48.9 Å². The molecule has 0 bridgehead atoms. The third kappa shape index (κ3) is 4.78. The van der Waals surface area contributed by atoms with Gasteiger partial charge in [0.25, 0.3) is 0 Å². The molecular weight excluding hydrogens is 374 g/mol. The second-order valence-corrected chi connectivity index (χ2v) is 8.92. The van der Waals surface area contributed by atoms with E-state index in [2.05, 4.69) is 66.3 Å². The second kappa shape index (κ2) is 9.09. The number of fused-ring (bicyclic) bond motifs is 1. The predicted molar refractivity (Wildman–Crippen MR) is 124 cm³/mol. The Morgan fingerprint density at radius 3 is 2.43 bits per heavy atom. The topological polar surface area (TPSA) is 52.5 Å². The maximum atomic E-state index is 11.4. The molecule has 0 atom stereocenters. The van der Waals surface area contributed by atoms with Crippen molar-refractivity contribution in [1.29, 1.82) is 0 Å². The van der Waals surface area contributed by atoms with Crippen molar-refractivity contribution in [3.05, 3.63) is 64.1 Å². The smallest absolute Gasteiger partial charge is 0.408 e. The minimum absolute atomic E-state index is 0.374. The Labute approximate surface area is 178 Å². The molecule has 160 valence electrons. The molecule has 1 heterocycles. The molecule has 0 saturated heterocycles. The van der Waals surface area contributed by atoms with Crippen molar-refractivity contribution >= 4 is 16.8 Å². The van der Waals surface area contributed by atoms with Crippen LogP contribution in [0.15, 0.2) is 51.7 Å². The molecule has 1 fully saturated rings. The molecule has 5 nitrogen and oxygen atoms in total. The van der Waals surface area contributed by atoms with E-state index >= 15 is 0 Å². The summed E-state index contributed by atoms with van der Waals surface area (Å²) in [5.41, 5.74) is 5.44. The number of hydrogen-bond acceptors (Lipinski definition) is 4. The first-order valence-electron chi connectivity index (χ1n) is 11.1. The van der Waals surface area contributed by atoms with Gasteiger partial charge in [0.05, 0.1) is 5.52 Å². The molecule has 0 unspecified atom stereocenters. The van der Waals surface area contributed by atoms with Crippen LogP contribution >= 0.6 is 0 Å². The van der Waals surface area contributed by atoms with E-state index in [1.807, 2.05) is 12.1 Å². The summed E-state index contributed by atoms with van der Waals surface area (Å²) in [5.74, 6) is 0.190. The lowest BCUT2D eigenvalue weighted by molar-refractivity contribution is 0.181. The number of aromatic nitrogens is 1. The van der Waals surface area contributed by atoms with Gasteiger partial charge in [0.2, 0.25) is 0 Å². The largest absolute Gasteiger partial charge is 0.417 e. The molecule has 2 aromatic carbocycles. The minimum Gasteiger partial charge on any atom is -0.408 e. The van der Waals surface area contributed by atoms with Crippen LogP contribution < -0.4 is 10.7 Å². The maximum absolute atomic E-state index is 11.4. The van der Waals surface area contributed by atoms with Crippen molar-refractivity contribution in [1.82, 2.24) is 9.88 Å². The van der Waals surface area contributed by atoms with E-state index in [0.29, 0.717) is 17.5 Å². The van der Waals surface area contributed by atoms with Crippen LogP contribution in [0.25, 0.3) is 11.1 Å². The molecule has 1 aliphatic carbocycles. The van der Waals surface area contributed by atoms with Crippen LogP contribution in [-0.4, -0.2) is 43.6 Å². The fourth-order valence-electron chi connectivity index (χ4n) is 4.74. The van der Waals surface area contributed by atoms with Crippen molar-refractivity contribution in [3.63, 3.8) is 0 Å². The fraction of sp³-hybridized carbons (Fsp3) is 0.480. The number of nitrogens with zero attached hydrogens (tertiary/aromatic N) is 2. The van der Waals surface area contributed by atoms with Gasteiger partial charge in [-0.3, -0.25) is 4.98 Å². The van der Waals surface area contributed by atoms with Crippen LogP contribution in [0.2, 0.25) is 0 Å². The zero-order valence-corrected chi connectivity index (χ0v) is 18.4. The van der Waals surface area contributed by atoms with Crippen LogP contribution in [0.1, 0.15) is 49.1 Å². The van der Waals surface area contributed by atoms with Gasteiger partial charge < -0.3 is 14.2 Å². The standard InChI is InChI=1S/C25H33N3O2/c1-27(2)21-11-6-18(7-12-21)5-4-16-28(3)22-13-8-19(9-14-22)20-10-15-23-24(17-20)30-25(29)26-23/h6-7,10-12,15,17,19,22H,4-5,8-9,13-14,16H2,1-3H3,(H,26,29)/t19-,22-. The van der Waals surface area contributed by atoms with E-state index in [4.69, 9.17) is 4.42 Å². The van der Waals surface area contributed by atoms with Crippen molar-refractivity contribution in [2.45, 2.75) is 50.5 Å². The molecule has 3 aromatic rings. The number of anilines is 1.